The molecule has 2 aromatic rings. The summed E-state index contributed by atoms with van der Waals surface area (Å²) in [4.78, 5) is 4.39. The van der Waals surface area contributed by atoms with Crippen molar-refractivity contribution < 1.29 is 9.15 Å². The molecule has 2 N–H and O–H groups in total. The Kier molecular flexibility index (Phi) is 3.33. The first kappa shape index (κ1) is 11.9. The van der Waals surface area contributed by atoms with Crippen molar-refractivity contribution in [2.75, 3.05) is 7.11 Å². The van der Waals surface area contributed by atoms with E-state index >= 15 is 0 Å². The first-order valence-corrected chi connectivity index (χ1v) is 5.80. The van der Waals surface area contributed by atoms with Gasteiger partial charge in [0.2, 0.25) is 5.89 Å². The number of hydrogen-bond donors (Lipinski definition) is 1. The Labute approximate surface area is 101 Å². The number of rotatable bonds is 4. The highest BCUT2D eigenvalue weighted by atomic mass is 16.5. The van der Waals surface area contributed by atoms with Gasteiger partial charge in [-0.2, -0.15) is 0 Å². The van der Waals surface area contributed by atoms with Gasteiger partial charge < -0.3 is 14.9 Å². The van der Waals surface area contributed by atoms with Crippen LogP contribution in [-0.4, -0.2) is 12.1 Å². The maximum Gasteiger partial charge on any atom is 0.212 e. The Morgan fingerprint density at radius 2 is 2.18 bits per heavy atom. The molecule has 0 aliphatic carbocycles. The van der Waals surface area contributed by atoms with Gasteiger partial charge in [-0.25, -0.2) is 4.98 Å². The van der Waals surface area contributed by atoms with E-state index in [9.17, 15) is 0 Å². The van der Waals surface area contributed by atoms with Crippen molar-refractivity contribution in [1.29, 1.82) is 0 Å². The standard InChI is InChI=1S/C13H18N2O2/c1-8(2)6-10(14)13-15-11-5-4-9(16-3)7-12(11)17-13/h4-5,7-8,10H,6,14H2,1-3H3. The number of aromatic nitrogens is 1. The molecule has 1 unspecified atom stereocenters. The molecule has 0 saturated heterocycles. The average Bonchev–Trinajstić information content (AvgIpc) is 2.70. The van der Waals surface area contributed by atoms with Crippen LogP contribution >= 0.6 is 0 Å². The zero-order chi connectivity index (χ0) is 12.4. The summed E-state index contributed by atoms with van der Waals surface area (Å²) in [5.74, 6) is 1.88. The second kappa shape index (κ2) is 4.75. The lowest BCUT2D eigenvalue weighted by atomic mass is 10.0. The predicted molar refractivity (Wildman–Crippen MR) is 66.9 cm³/mol. The highest BCUT2D eigenvalue weighted by molar-refractivity contribution is 5.74. The van der Waals surface area contributed by atoms with Crippen molar-refractivity contribution in [2.45, 2.75) is 26.3 Å². The molecule has 0 spiro atoms. The zero-order valence-corrected chi connectivity index (χ0v) is 10.4. The fourth-order valence-corrected chi connectivity index (χ4v) is 1.82. The highest BCUT2D eigenvalue weighted by Gasteiger charge is 2.15. The largest absolute Gasteiger partial charge is 0.497 e. The van der Waals surface area contributed by atoms with E-state index in [1.807, 2.05) is 18.2 Å². The van der Waals surface area contributed by atoms with Crippen LogP contribution in [-0.2, 0) is 0 Å². The summed E-state index contributed by atoms with van der Waals surface area (Å²) in [6.07, 6.45) is 0.865. The van der Waals surface area contributed by atoms with Gasteiger partial charge in [0.15, 0.2) is 5.58 Å². The summed E-state index contributed by atoms with van der Waals surface area (Å²) in [6, 6.07) is 5.42. The molecule has 1 aromatic carbocycles. The maximum absolute atomic E-state index is 6.04. The van der Waals surface area contributed by atoms with Crippen LogP contribution in [0.2, 0.25) is 0 Å². The van der Waals surface area contributed by atoms with Crippen molar-refractivity contribution in [3.8, 4) is 5.75 Å². The molecule has 0 fully saturated rings. The molecule has 1 heterocycles. The van der Waals surface area contributed by atoms with Gasteiger partial charge in [-0.1, -0.05) is 13.8 Å². The molecule has 4 nitrogen and oxygen atoms in total. The van der Waals surface area contributed by atoms with E-state index in [0.29, 0.717) is 11.8 Å². The molecule has 0 aliphatic rings. The Hall–Kier alpha value is -1.55. The van der Waals surface area contributed by atoms with Gasteiger partial charge in [0.25, 0.3) is 0 Å². The topological polar surface area (TPSA) is 61.3 Å². The Bertz CT molecular complexity index is 505. The third-order valence-corrected chi connectivity index (χ3v) is 2.65. The van der Waals surface area contributed by atoms with Gasteiger partial charge >= 0.3 is 0 Å². The normalized spacial score (nSPS) is 13.2. The number of benzene rings is 1. The first-order valence-electron chi connectivity index (χ1n) is 5.80. The first-order chi connectivity index (χ1) is 8.10. The predicted octanol–water partition coefficient (Wildman–Crippen LogP) is 2.88. The van der Waals surface area contributed by atoms with E-state index in [-0.39, 0.29) is 6.04 Å². The van der Waals surface area contributed by atoms with Gasteiger partial charge in [0.05, 0.1) is 13.2 Å². The Morgan fingerprint density at radius 1 is 1.41 bits per heavy atom. The quantitative estimate of drug-likeness (QED) is 0.883. The molecule has 17 heavy (non-hydrogen) atoms. The van der Waals surface area contributed by atoms with E-state index in [4.69, 9.17) is 14.9 Å². The van der Waals surface area contributed by atoms with Gasteiger partial charge in [-0.15, -0.1) is 0 Å². The molecular weight excluding hydrogens is 216 g/mol. The van der Waals surface area contributed by atoms with Crippen molar-refractivity contribution in [3.63, 3.8) is 0 Å². The highest BCUT2D eigenvalue weighted by Crippen LogP contribution is 2.25. The van der Waals surface area contributed by atoms with Crippen molar-refractivity contribution in [1.82, 2.24) is 4.98 Å². The van der Waals surface area contributed by atoms with Gasteiger partial charge in [-0.3, -0.25) is 0 Å². The summed E-state index contributed by atoms with van der Waals surface area (Å²) < 4.78 is 10.8. The monoisotopic (exact) mass is 234 g/mol. The van der Waals surface area contributed by atoms with Crippen LogP contribution in [0.4, 0.5) is 0 Å². The number of ether oxygens (including phenoxy) is 1. The number of hydrogen-bond acceptors (Lipinski definition) is 4. The molecule has 0 amide bonds. The maximum atomic E-state index is 6.04. The molecule has 0 saturated carbocycles. The second-order valence-corrected chi connectivity index (χ2v) is 4.62. The lowest BCUT2D eigenvalue weighted by Crippen LogP contribution is -2.13. The van der Waals surface area contributed by atoms with E-state index in [1.54, 1.807) is 7.11 Å². The van der Waals surface area contributed by atoms with E-state index in [0.717, 1.165) is 23.3 Å². The van der Waals surface area contributed by atoms with Crippen LogP contribution in [0.25, 0.3) is 11.1 Å². The van der Waals surface area contributed by atoms with Crippen LogP contribution < -0.4 is 10.5 Å². The molecule has 0 bridgehead atoms. The van der Waals surface area contributed by atoms with Crippen molar-refractivity contribution in [3.05, 3.63) is 24.1 Å². The Balaban J connectivity index is 2.30. The zero-order valence-electron chi connectivity index (χ0n) is 10.4. The third kappa shape index (κ3) is 2.58. The smallest absolute Gasteiger partial charge is 0.212 e. The minimum absolute atomic E-state index is 0.145. The van der Waals surface area contributed by atoms with Crippen LogP contribution in [0, 0.1) is 5.92 Å². The Morgan fingerprint density at radius 3 is 2.82 bits per heavy atom. The number of nitrogens with zero attached hydrogens (tertiary/aromatic N) is 1. The minimum atomic E-state index is -0.145. The summed E-state index contributed by atoms with van der Waals surface area (Å²) in [6.45, 7) is 4.26. The molecule has 0 radical (unpaired) electrons. The lowest BCUT2D eigenvalue weighted by Gasteiger charge is -2.09. The number of oxazole rings is 1. The minimum Gasteiger partial charge on any atom is -0.497 e. The number of fused-ring (bicyclic) bond motifs is 1. The van der Waals surface area contributed by atoms with Gasteiger partial charge in [0, 0.05) is 6.07 Å². The van der Waals surface area contributed by atoms with E-state index < -0.39 is 0 Å². The van der Waals surface area contributed by atoms with Crippen LogP contribution in [0.3, 0.4) is 0 Å². The molecule has 1 aromatic heterocycles. The fourth-order valence-electron chi connectivity index (χ4n) is 1.82. The van der Waals surface area contributed by atoms with Crippen LogP contribution in [0.5, 0.6) is 5.75 Å². The SMILES string of the molecule is COc1ccc2nc(C(N)CC(C)C)oc2c1. The van der Waals surface area contributed by atoms with Gasteiger partial charge in [0.1, 0.15) is 11.3 Å². The van der Waals surface area contributed by atoms with Crippen molar-refractivity contribution in [2.24, 2.45) is 11.7 Å². The molecule has 92 valence electrons. The van der Waals surface area contributed by atoms with Crippen molar-refractivity contribution >= 4 is 11.1 Å². The summed E-state index contributed by atoms with van der Waals surface area (Å²) in [7, 11) is 1.63. The molecule has 1 atom stereocenters. The molecule has 0 aliphatic heterocycles. The molecule has 2 rings (SSSR count). The fraction of sp³-hybridized carbons (Fsp3) is 0.462. The average molecular weight is 234 g/mol. The summed E-state index contributed by atoms with van der Waals surface area (Å²) in [5.41, 5.74) is 7.58. The van der Waals surface area contributed by atoms with Crippen LogP contribution in [0.15, 0.2) is 22.6 Å². The third-order valence-electron chi connectivity index (χ3n) is 2.65. The van der Waals surface area contributed by atoms with E-state index in [1.165, 1.54) is 0 Å². The van der Waals surface area contributed by atoms with Crippen LogP contribution in [0.1, 0.15) is 32.2 Å². The second-order valence-electron chi connectivity index (χ2n) is 4.62. The molecular formula is C13H18N2O2. The number of nitrogens with two attached hydrogens (primary N) is 1. The van der Waals surface area contributed by atoms with Gasteiger partial charge in [-0.05, 0) is 24.5 Å². The number of methoxy groups -OCH3 is 1. The molecule has 4 heteroatoms. The summed E-state index contributed by atoms with van der Waals surface area (Å²) in [5, 5.41) is 0. The summed E-state index contributed by atoms with van der Waals surface area (Å²) >= 11 is 0. The van der Waals surface area contributed by atoms with E-state index in [2.05, 4.69) is 18.8 Å². The lowest BCUT2D eigenvalue weighted by molar-refractivity contribution is 0.408.